The largest absolute Gasteiger partial charge is 0.269 e. The summed E-state index contributed by atoms with van der Waals surface area (Å²) in [7, 11) is 0. The molecule has 0 spiro atoms. The minimum Gasteiger partial charge on any atom is -0.269 e. The zero-order valence-corrected chi connectivity index (χ0v) is 8.23. The SMILES string of the molecule is CCCC1=[C-]CC=C1.[Zr]. The summed E-state index contributed by atoms with van der Waals surface area (Å²) < 4.78 is 0. The fourth-order valence-electron chi connectivity index (χ4n) is 0.891. The molecule has 0 nitrogen and oxygen atoms in total. The van der Waals surface area contributed by atoms with Crippen molar-refractivity contribution in [3.63, 3.8) is 0 Å². The summed E-state index contributed by atoms with van der Waals surface area (Å²) in [5.41, 5.74) is 1.40. The first-order chi connectivity index (χ1) is 3.93. The van der Waals surface area contributed by atoms with Gasteiger partial charge in [0, 0.05) is 26.2 Å². The van der Waals surface area contributed by atoms with Crippen LogP contribution in [0.1, 0.15) is 26.2 Å². The molecule has 9 heavy (non-hydrogen) atoms. The molecule has 0 radical (unpaired) electrons. The monoisotopic (exact) mass is 197 g/mol. The third-order valence-electron chi connectivity index (χ3n) is 1.29. The van der Waals surface area contributed by atoms with Gasteiger partial charge in [0.25, 0.3) is 0 Å². The molecule has 0 aromatic carbocycles. The first kappa shape index (κ1) is 9.36. The smallest absolute Gasteiger partial charge is 0 e. The van der Waals surface area contributed by atoms with Gasteiger partial charge >= 0.3 is 0 Å². The van der Waals surface area contributed by atoms with Gasteiger partial charge < -0.3 is 0 Å². The Kier molecular flexibility index (Phi) is 5.38. The van der Waals surface area contributed by atoms with Crippen molar-refractivity contribution in [2.75, 3.05) is 0 Å². The summed E-state index contributed by atoms with van der Waals surface area (Å²) in [5.74, 6) is 0. The van der Waals surface area contributed by atoms with Crippen molar-refractivity contribution in [3.05, 3.63) is 23.8 Å². The van der Waals surface area contributed by atoms with Crippen LogP contribution < -0.4 is 0 Å². The maximum atomic E-state index is 3.26. The van der Waals surface area contributed by atoms with Gasteiger partial charge in [-0.3, -0.25) is 6.08 Å². The Bertz CT molecular complexity index is 123. The number of allylic oxidation sites excluding steroid dienone is 4. The second kappa shape index (κ2) is 5.17. The van der Waals surface area contributed by atoms with Crippen LogP contribution in [0.4, 0.5) is 0 Å². The Balaban J connectivity index is 0.000000640. The van der Waals surface area contributed by atoms with E-state index in [9.17, 15) is 0 Å². The van der Waals surface area contributed by atoms with Gasteiger partial charge in [0.2, 0.25) is 0 Å². The van der Waals surface area contributed by atoms with Crippen molar-refractivity contribution in [2.24, 2.45) is 0 Å². The molecule has 0 unspecified atom stereocenters. The fraction of sp³-hybridized carbons (Fsp3) is 0.500. The second-order valence-corrected chi connectivity index (χ2v) is 2.06. The van der Waals surface area contributed by atoms with E-state index in [1.807, 2.05) is 0 Å². The molecule has 0 atom stereocenters. The van der Waals surface area contributed by atoms with Gasteiger partial charge in [-0.05, 0) is 0 Å². The Labute approximate surface area is 76.2 Å². The summed E-state index contributed by atoms with van der Waals surface area (Å²) in [5, 5.41) is 0. The van der Waals surface area contributed by atoms with Crippen molar-refractivity contribution in [1.29, 1.82) is 0 Å². The van der Waals surface area contributed by atoms with Gasteiger partial charge in [0.05, 0.1) is 0 Å². The van der Waals surface area contributed by atoms with E-state index in [4.69, 9.17) is 0 Å². The van der Waals surface area contributed by atoms with Crippen molar-refractivity contribution in [2.45, 2.75) is 26.2 Å². The van der Waals surface area contributed by atoms with Crippen LogP contribution in [0, 0.1) is 6.08 Å². The van der Waals surface area contributed by atoms with Crippen LogP contribution in [0.15, 0.2) is 17.7 Å². The van der Waals surface area contributed by atoms with Gasteiger partial charge in [-0.1, -0.05) is 19.8 Å². The van der Waals surface area contributed by atoms with E-state index < -0.39 is 0 Å². The van der Waals surface area contributed by atoms with Crippen LogP contribution in [-0.2, 0) is 26.2 Å². The maximum Gasteiger partial charge on any atom is 0 e. The first-order valence-electron chi connectivity index (χ1n) is 3.19. The molecular formula is C8H11Zr-. The Morgan fingerprint density at radius 3 is 2.89 bits per heavy atom. The van der Waals surface area contributed by atoms with Crippen molar-refractivity contribution < 1.29 is 26.2 Å². The molecule has 0 bridgehead atoms. The van der Waals surface area contributed by atoms with E-state index in [1.54, 1.807) is 0 Å². The average molecular weight is 198 g/mol. The van der Waals surface area contributed by atoms with Gasteiger partial charge in [0.1, 0.15) is 0 Å². The van der Waals surface area contributed by atoms with Gasteiger partial charge in [-0.2, -0.15) is 6.08 Å². The molecule has 1 aliphatic carbocycles. The van der Waals surface area contributed by atoms with Gasteiger partial charge in [0.15, 0.2) is 0 Å². The minimum atomic E-state index is 0. The molecule has 0 aromatic heterocycles. The molecule has 0 saturated carbocycles. The quantitative estimate of drug-likeness (QED) is 0.598. The topological polar surface area (TPSA) is 0 Å². The van der Waals surface area contributed by atoms with E-state index in [0.717, 1.165) is 6.42 Å². The van der Waals surface area contributed by atoms with Gasteiger partial charge in [-0.15, -0.1) is 6.42 Å². The van der Waals surface area contributed by atoms with Crippen molar-refractivity contribution >= 4 is 0 Å². The number of rotatable bonds is 2. The predicted octanol–water partition coefficient (Wildman–Crippen LogP) is 2.47. The average Bonchev–Trinajstić information content (AvgIpc) is 2.19. The zero-order chi connectivity index (χ0) is 5.82. The molecule has 1 heteroatoms. The number of hydrogen-bond donors (Lipinski definition) is 0. The molecule has 0 saturated heterocycles. The Morgan fingerprint density at radius 2 is 2.44 bits per heavy atom. The summed E-state index contributed by atoms with van der Waals surface area (Å²) in [6.07, 6.45) is 11.1. The Morgan fingerprint density at radius 1 is 1.67 bits per heavy atom. The molecule has 0 fully saturated rings. The third kappa shape index (κ3) is 3.15. The molecule has 0 aromatic rings. The molecule has 0 aliphatic heterocycles. The molecular weight excluding hydrogens is 187 g/mol. The first-order valence-corrected chi connectivity index (χ1v) is 3.19. The van der Waals surface area contributed by atoms with E-state index >= 15 is 0 Å². The predicted molar refractivity (Wildman–Crippen MR) is 35.4 cm³/mol. The van der Waals surface area contributed by atoms with Crippen LogP contribution in [0.2, 0.25) is 0 Å². The van der Waals surface area contributed by atoms with E-state index in [1.165, 1.54) is 18.4 Å². The fourth-order valence-corrected chi connectivity index (χ4v) is 0.891. The van der Waals surface area contributed by atoms with Crippen molar-refractivity contribution in [3.8, 4) is 0 Å². The van der Waals surface area contributed by atoms with Gasteiger partial charge in [-0.25, -0.2) is 11.6 Å². The normalized spacial score (nSPS) is 15.0. The molecule has 1 aliphatic rings. The van der Waals surface area contributed by atoms with Crippen LogP contribution >= 0.6 is 0 Å². The summed E-state index contributed by atoms with van der Waals surface area (Å²) in [4.78, 5) is 0. The molecule has 0 N–H and O–H groups in total. The zero-order valence-electron chi connectivity index (χ0n) is 5.78. The third-order valence-corrected chi connectivity index (χ3v) is 1.29. The molecule has 1 rings (SSSR count). The van der Waals surface area contributed by atoms with Crippen LogP contribution in [-0.4, -0.2) is 0 Å². The van der Waals surface area contributed by atoms with Crippen LogP contribution in [0.5, 0.6) is 0 Å². The standard InChI is InChI=1S/C8H11.Zr/c1-2-5-8-6-3-4-7-8;/h3,6H,2,4-5H2,1H3;/q-1;. The Hall–Kier alpha value is 0.363. The molecule has 0 heterocycles. The number of hydrogen-bond acceptors (Lipinski definition) is 0. The van der Waals surface area contributed by atoms with Crippen LogP contribution in [0.25, 0.3) is 0 Å². The summed E-state index contributed by atoms with van der Waals surface area (Å²) >= 11 is 0. The minimum absolute atomic E-state index is 0. The summed E-state index contributed by atoms with van der Waals surface area (Å²) in [6.45, 7) is 2.20. The van der Waals surface area contributed by atoms with E-state index in [2.05, 4.69) is 25.2 Å². The van der Waals surface area contributed by atoms with Crippen LogP contribution in [0.3, 0.4) is 0 Å². The van der Waals surface area contributed by atoms with E-state index in [0.29, 0.717) is 0 Å². The van der Waals surface area contributed by atoms with E-state index in [-0.39, 0.29) is 26.2 Å². The maximum absolute atomic E-state index is 3.26. The second-order valence-electron chi connectivity index (χ2n) is 2.06. The molecule has 0 amide bonds. The van der Waals surface area contributed by atoms with Crippen molar-refractivity contribution in [1.82, 2.24) is 0 Å². The summed E-state index contributed by atoms with van der Waals surface area (Å²) in [6, 6.07) is 0. The molecule has 48 valence electrons.